The summed E-state index contributed by atoms with van der Waals surface area (Å²) in [6, 6.07) is 0. The van der Waals surface area contributed by atoms with Crippen LogP contribution in [-0.2, 0) is 0 Å². The van der Waals surface area contributed by atoms with Gasteiger partial charge in [0.25, 0.3) is 0 Å². The first kappa shape index (κ1) is 11.7. The Labute approximate surface area is 58.4 Å². The lowest BCUT2D eigenvalue weighted by atomic mass is 10.4. The fraction of sp³-hybridized carbons (Fsp3) is 1.00. The van der Waals surface area contributed by atoms with Crippen molar-refractivity contribution >= 4 is 0 Å². The molecule has 0 unspecified atom stereocenters. The molecule has 0 aliphatic carbocycles. The van der Waals surface area contributed by atoms with Crippen LogP contribution in [0.3, 0.4) is 0 Å². The van der Waals surface area contributed by atoms with Gasteiger partial charge in [0.05, 0.1) is 26.7 Å². The first-order valence-corrected chi connectivity index (χ1v) is 3.52. The zero-order chi connectivity index (χ0) is 6.62. The number of nitrogens with zero attached hydrogens (tertiary/aromatic N) is 1. The molecule has 9 heavy (non-hydrogen) atoms. The maximum absolute atomic E-state index is 2.29. The van der Waals surface area contributed by atoms with Crippen molar-refractivity contribution in [3.8, 4) is 0 Å². The van der Waals surface area contributed by atoms with E-state index in [1.807, 2.05) is 0 Å². The van der Waals surface area contributed by atoms with Gasteiger partial charge in [-0.15, -0.1) is 0 Å². The third kappa shape index (κ3) is 3.49. The van der Waals surface area contributed by atoms with E-state index in [9.17, 15) is 0 Å². The maximum Gasteiger partial charge on any atom is 0.0755 e. The molecule has 0 aliphatic heterocycles. The molecule has 0 fully saturated rings. The van der Waals surface area contributed by atoms with E-state index in [0.717, 1.165) is 0 Å². The molecule has 0 spiro atoms. The lowest BCUT2D eigenvalue weighted by Gasteiger charge is -2.30. The number of rotatable bonds is 3. The van der Waals surface area contributed by atoms with Crippen LogP contribution in [0.25, 0.3) is 0 Å². The van der Waals surface area contributed by atoms with E-state index in [1.54, 1.807) is 0 Å². The van der Waals surface area contributed by atoms with Crippen LogP contribution in [0.4, 0.5) is 0 Å². The standard InChI is InChI=1S/C7H18N.H2O/c1-5-8(4,6-2)7-3;/h5-7H2,1-4H3;1H2/q+1;. The highest BCUT2D eigenvalue weighted by atomic mass is 16.0. The SMILES string of the molecule is CC[N+](C)(CC)CC.O. The average Bonchev–Trinajstić information content (AvgIpc) is 1.87. The largest absolute Gasteiger partial charge is 0.412 e. The van der Waals surface area contributed by atoms with Gasteiger partial charge in [-0.2, -0.15) is 0 Å². The molecule has 0 aromatic carbocycles. The van der Waals surface area contributed by atoms with Crippen molar-refractivity contribution in [2.45, 2.75) is 20.8 Å². The number of quaternary nitrogens is 1. The van der Waals surface area contributed by atoms with Crippen molar-refractivity contribution in [3.05, 3.63) is 0 Å². The Bertz CT molecular complexity index is 51.7. The molecule has 0 heterocycles. The maximum atomic E-state index is 2.29. The van der Waals surface area contributed by atoms with Crippen molar-refractivity contribution in [2.75, 3.05) is 26.7 Å². The van der Waals surface area contributed by atoms with Crippen LogP contribution in [0.1, 0.15) is 20.8 Å². The van der Waals surface area contributed by atoms with Crippen molar-refractivity contribution < 1.29 is 9.96 Å². The lowest BCUT2D eigenvalue weighted by Crippen LogP contribution is -2.42. The quantitative estimate of drug-likeness (QED) is 0.508. The van der Waals surface area contributed by atoms with Gasteiger partial charge in [0.2, 0.25) is 0 Å². The molecule has 0 rings (SSSR count). The van der Waals surface area contributed by atoms with Gasteiger partial charge in [-0.25, -0.2) is 0 Å². The van der Waals surface area contributed by atoms with Gasteiger partial charge in [0.15, 0.2) is 0 Å². The Balaban J connectivity index is 0. The Morgan fingerprint density at radius 3 is 1.11 bits per heavy atom. The van der Waals surface area contributed by atoms with Crippen LogP contribution in [0.15, 0.2) is 0 Å². The van der Waals surface area contributed by atoms with Crippen LogP contribution in [0, 0.1) is 0 Å². The number of hydrogen-bond acceptors (Lipinski definition) is 0. The second-order valence-corrected chi connectivity index (χ2v) is 2.57. The smallest absolute Gasteiger partial charge is 0.0755 e. The molecule has 0 radical (unpaired) electrons. The Morgan fingerprint density at radius 2 is 1.11 bits per heavy atom. The van der Waals surface area contributed by atoms with Gasteiger partial charge >= 0.3 is 0 Å². The highest BCUT2D eigenvalue weighted by molar-refractivity contribution is 4.24. The Kier molecular flexibility index (Phi) is 6.19. The summed E-state index contributed by atoms with van der Waals surface area (Å²) in [6.07, 6.45) is 0. The van der Waals surface area contributed by atoms with Crippen LogP contribution < -0.4 is 0 Å². The number of hydrogen-bond donors (Lipinski definition) is 0. The molecule has 0 aromatic rings. The molecule has 0 aromatic heterocycles. The highest BCUT2D eigenvalue weighted by Crippen LogP contribution is 1.97. The second kappa shape index (κ2) is 4.77. The molecule has 0 saturated carbocycles. The summed E-state index contributed by atoms with van der Waals surface area (Å²) in [5, 5.41) is 0. The molecule has 58 valence electrons. The van der Waals surface area contributed by atoms with E-state index < -0.39 is 0 Å². The lowest BCUT2D eigenvalue weighted by molar-refractivity contribution is -0.904. The van der Waals surface area contributed by atoms with Crippen molar-refractivity contribution in [1.29, 1.82) is 0 Å². The van der Waals surface area contributed by atoms with Crippen LogP contribution in [0.2, 0.25) is 0 Å². The Morgan fingerprint density at radius 1 is 0.889 bits per heavy atom. The zero-order valence-electron chi connectivity index (χ0n) is 7.07. The van der Waals surface area contributed by atoms with Gasteiger partial charge in [0, 0.05) is 0 Å². The molecule has 0 atom stereocenters. The van der Waals surface area contributed by atoms with E-state index in [1.165, 1.54) is 24.1 Å². The fourth-order valence-electron chi connectivity index (χ4n) is 0.671. The minimum Gasteiger partial charge on any atom is -0.412 e. The van der Waals surface area contributed by atoms with Crippen molar-refractivity contribution in [2.24, 2.45) is 0 Å². The first-order chi connectivity index (χ1) is 3.68. The summed E-state index contributed by atoms with van der Waals surface area (Å²) in [6.45, 7) is 10.5. The van der Waals surface area contributed by atoms with Crippen LogP contribution in [-0.4, -0.2) is 36.6 Å². The van der Waals surface area contributed by atoms with E-state index in [4.69, 9.17) is 0 Å². The molecule has 2 N–H and O–H groups in total. The monoisotopic (exact) mass is 134 g/mol. The van der Waals surface area contributed by atoms with Crippen molar-refractivity contribution in [3.63, 3.8) is 0 Å². The third-order valence-electron chi connectivity index (χ3n) is 2.29. The molecule has 2 heteroatoms. The molecule has 0 bridgehead atoms. The predicted molar refractivity (Wildman–Crippen MR) is 41.4 cm³/mol. The highest BCUT2D eigenvalue weighted by Gasteiger charge is 2.10. The summed E-state index contributed by atoms with van der Waals surface area (Å²) >= 11 is 0. The van der Waals surface area contributed by atoms with Crippen LogP contribution >= 0.6 is 0 Å². The summed E-state index contributed by atoms with van der Waals surface area (Å²) in [4.78, 5) is 0. The topological polar surface area (TPSA) is 31.5 Å². The molecular weight excluding hydrogens is 114 g/mol. The van der Waals surface area contributed by atoms with E-state index >= 15 is 0 Å². The summed E-state index contributed by atoms with van der Waals surface area (Å²) < 4.78 is 1.21. The van der Waals surface area contributed by atoms with Gasteiger partial charge < -0.3 is 9.96 Å². The molecular formula is C7H20NO+. The molecule has 0 aliphatic rings. The Hall–Kier alpha value is -0.0800. The van der Waals surface area contributed by atoms with Gasteiger partial charge in [-0.3, -0.25) is 0 Å². The zero-order valence-corrected chi connectivity index (χ0v) is 7.07. The average molecular weight is 134 g/mol. The molecule has 2 nitrogen and oxygen atoms in total. The molecule has 0 amide bonds. The van der Waals surface area contributed by atoms with Gasteiger partial charge in [-0.1, -0.05) is 0 Å². The minimum absolute atomic E-state index is 0. The third-order valence-corrected chi connectivity index (χ3v) is 2.29. The van der Waals surface area contributed by atoms with Crippen LogP contribution in [0.5, 0.6) is 0 Å². The molecule has 0 saturated heterocycles. The van der Waals surface area contributed by atoms with E-state index in [0.29, 0.717) is 0 Å². The second-order valence-electron chi connectivity index (χ2n) is 2.57. The summed E-state index contributed by atoms with van der Waals surface area (Å²) in [5.74, 6) is 0. The minimum atomic E-state index is 0. The summed E-state index contributed by atoms with van der Waals surface area (Å²) in [5.41, 5.74) is 0. The van der Waals surface area contributed by atoms with Gasteiger partial charge in [0.1, 0.15) is 0 Å². The predicted octanol–water partition coefficient (Wildman–Crippen LogP) is 0.668. The normalized spacial score (nSPS) is 10.7. The van der Waals surface area contributed by atoms with Gasteiger partial charge in [-0.05, 0) is 20.8 Å². The van der Waals surface area contributed by atoms with E-state index in [-0.39, 0.29) is 5.48 Å². The van der Waals surface area contributed by atoms with E-state index in [2.05, 4.69) is 27.8 Å². The first-order valence-electron chi connectivity index (χ1n) is 3.52. The fourth-order valence-corrected chi connectivity index (χ4v) is 0.671. The van der Waals surface area contributed by atoms with Crippen molar-refractivity contribution in [1.82, 2.24) is 0 Å². The summed E-state index contributed by atoms with van der Waals surface area (Å²) in [7, 11) is 2.29.